The molecule has 1 aliphatic rings. The molecule has 0 amide bonds. The van der Waals surface area contributed by atoms with Crippen LogP contribution in [0.3, 0.4) is 0 Å². The van der Waals surface area contributed by atoms with Crippen LogP contribution in [0.4, 0.5) is 11.5 Å². The van der Waals surface area contributed by atoms with Crippen LogP contribution in [0.1, 0.15) is 53.9 Å². The Balaban J connectivity index is 2.15. The Labute approximate surface area is 122 Å². The van der Waals surface area contributed by atoms with Crippen LogP contribution in [0.15, 0.2) is 12.1 Å². The highest BCUT2D eigenvalue weighted by Crippen LogP contribution is 2.39. The SMILES string of the molecule is CC(C)(C)Oc1nc(NC2CCCC2(C)C)ccc1N. The Hall–Kier alpha value is -1.45. The molecule has 0 bridgehead atoms. The first-order chi connectivity index (χ1) is 9.17. The first-order valence-electron chi connectivity index (χ1n) is 7.39. The molecule has 1 aliphatic carbocycles. The van der Waals surface area contributed by atoms with Gasteiger partial charge in [0.1, 0.15) is 11.4 Å². The van der Waals surface area contributed by atoms with Gasteiger partial charge in [0.25, 0.3) is 0 Å². The summed E-state index contributed by atoms with van der Waals surface area (Å²) in [5, 5.41) is 3.54. The summed E-state index contributed by atoms with van der Waals surface area (Å²) in [7, 11) is 0. The van der Waals surface area contributed by atoms with Crippen molar-refractivity contribution in [1.29, 1.82) is 0 Å². The number of ether oxygens (including phenoxy) is 1. The average molecular weight is 277 g/mol. The molecule has 1 heterocycles. The molecule has 1 aromatic rings. The summed E-state index contributed by atoms with van der Waals surface area (Å²) in [6.07, 6.45) is 3.71. The Bertz CT molecular complexity index is 477. The van der Waals surface area contributed by atoms with E-state index < -0.39 is 0 Å². The first kappa shape index (κ1) is 14.9. The van der Waals surface area contributed by atoms with Crippen molar-refractivity contribution < 1.29 is 4.74 Å². The van der Waals surface area contributed by atoms with E-state index in [9.17, 15) is 0 Å². The van der Waals surface area contributed by atoms with Crippen LogP contribution in [0.25, 0.3) is 0 Å². The largest absolute Gasteiger partial charge is 0.470 e. The van der Waals surface area contributed by atoms with Crippen molar-refractivity contribution in [2.75, 3.05) is 11.1 Å². The van der Waals surface area contributed by atoms with E-state index in [4.69, 9.17) is 10.5 Å². The highest BCUT2D eigenvalue weighted by molar-refractivity contribution is 5.54. The highest BCUT2D eigenvalue weighted by Gasteiger charge is 2.34. The van der Waals surface area contributed by atoms with E-state index in [-0.39, 0.29) is 5.60 Å². The molecule has 0 radical (unpaired) electrons. The minimum atomic E-state index is -0.299. The molecular weight excluding hydrogens is 250 g/mol. The summed E-state index contributed by atoms with van der Waals surface area (Å²) in [4.78, 5) is 4.53. The van der Waals surface area contributed by atoms with Gasteiger partial charge in [0.2, 0.25) is 5.88 Å². The molecule has 0 aliphatic heterocycles. The van der Waals surface area contributed by atoms with Crippen LogP contribution in [0.2, 0.25) is 0 Å². The fourth-order valence-electron chi connectivity index (χ4n) is 2.68. The minimum Gasteiger partial charge on any atom is -0.470 e. The van der Waals surface area contributed by atoms with Gasteiger partial charge in [-0.2, -0.15) is 4.98 Å². The number of pyridine rings is 1. The Morgan fingerprint density at radius 2 is 2.05 bits per heavy atom. The number of nitrogen functional groups attached to an aromatic ring is 1. The van der Waals surface area contributed by atoms with Gasteiger partial charge in [-0.1, -0.05) is 20.3 Å². The third-order valence-corrected chi connectivity index (χ3v) is 3.87. The van der Waals surface area contributed by atoms with E-state index in [2.05, 4.69) is 24.1 Å². The van der Waals surface area contributed by atoms with E-state index in [1.807, 2.05) is 32.9 Å². The maximum atomic E-state index is 5.94. The molecule has 1 atom stereocenters. The van der Waals surface area contributed by atoms with Crippen LogP contribution in [-0.2, 0) is 0 Å². The molecule has 0 aromatic carbocycles. The maximum absolute atomic E-state index is 5.94. The number of aromatic nitrogens is 1. The zero-order chi connectivity index (χ0) is 15.0. The summed E-state index contributed by atoms with van der Waals surface area (Å²) >= 11 is 0. The van der Waals surface area contributed by atoms with Crippen molar-refractivity contribution in [3.8, 4) is 5.88 Å². The molecule has 1 saturated carbocycles. The van der Waals surface area contributed by atoms with Crippen LogP contribution in [-0.4, -0.2) is 16.6 Å². The van der Waals surface area contributed by atoms with E-state index in [0.29, 0.717) is 23.0 Å². The van der Waals surface area contributed by atoms with E-state index in [1.165, 1.54) is 19.3 Å². The van der Waals surface area contributed by atoms with Crippen LogP contribution in [0.5, 0.6) is 5.88 Å². The third kappa shape index (κ3) is 3.56. The molecule has 112 valence electrons. The molecule has 4 nitrogen and oxygen atoms in total. The van der Waals surface area contributed by atoms with Crippen molar-refractivity contribution in [2.24, 2.45) is 5.41 Å². The second-order valence-electron chi connectivity index (χ2n) is 7.38. The molecule has 1 aromatic heterocycles. The second kappa shape index (κ2) is 5.15. The van der Waals surface area contributed by atoms with Gasteiger partial charge in [0.05, 0.1) is 5.69 Å². The van der Waals surface area contributed by atoms with Gasteiger partial charge in [-0.15, -0.1) is 0 Å². The zero-order valence-corrected chi connectivity index (χ0v) is 13.3. The Kier molecular flexibility index (Phi) is 3.85. The molecule has 0 spiro atoms. The summed E-state index contributed by atoms with van der Waals surface area (Å²) in [6, 6.07) is 4.25. The van der Waals surface area contributed by atoms with Crippen molar-refractivity contribution in [3.63, 3.8) is 0 Å². The Morgan fingerprint density at radius 1 is 1.35 bits per heavy atom. The summed E-state index contributed by atoms with van der Waals surface area (Å²) in [6.45, 7) is 10.6. The predicted octanol–water partition coefficient (Wildman–Crippen LogP) is 3.83. The van der Waals surface area contributed by atoms with Gasteiger partial charge in [-0.05, 0) is 51.2 Å². The van der Waals surface area contributed by atoms with Crippen molar-refractivity contribution in [3.05, 3.63) is 12.1 Å². The molecule has 4 heteroatoms. The minimum absolute atomic E-state index is 0.299. The number of nitrogens with one attached hydrogen (secondary N) is 1. The topological polar surface area (TPSA) is 60.2 Å². The lowest BCUT2D eigenvalue weighted by atomic mass is 9.87. The smallest absolute Gasteiger partial charge is 0.239 e. The molecule has 20 heavy (non-hydrogen) atoms. The Morgan fingerprint density at radius 3 is 2.60 bits per heavy atom. The van der Waals surface area contributed by atoms with Gasteiger partial charge in [-0.3, -0.25) is 0 Å². The molecule has 2 rings (SSSR count). The quantitative estimate of drug-likeness (QED) is 0.881. The van der Waals surface area contributed by atoms with E-state index in [0.717, 1.165) is 5.82 Å². The highest BCUT2D eigenvalue weighted by atomic mass is 16.5. The fourth-order valence-corrected chi connectivity index (χ4v) is 2.68. The molecule has 1 unspecified atom stereocenters. The van der Waals surface area contributed by atoms with Crippen molar-refractivity contribution >= 4 is 11.5 Å². The normalized spacial score (nSPS) is 21.8. The number of hydrogen-bond acceptors (Lipinski definition) is 4. The van der Waals surface area contributed by atoms with Crippen molar-refractivity contribution in [2.45, 2.75) is 65.5 Å². The summed E-state index contributed by atoms with van der Waals surface area (Å²) < 4.78 is 5.81. The third-order valence-electron chi connectivity index (χ3n) is 3.87. The number of nitrogens with two attached hydrogens (primary N) is 1. The molecule has 0 saturated heterocycles. The number of rotatable bonds is 3. The first-order valence-corrected chi connectivity index (χ1v) is 7.39. The second-order valence-corrected chi connectivity index (χ2v) is 7.38. The average Bonchev–Trinajstić information content (AvgIpc) is 2.61. The number of hydrogen-bond donors (Lipinski definition) is 2. The van der Waals surface area contributed by atoms with Gasteiger partial charge in [-0.25, -0.2) is 0 Å². The lowest BCUT2D eigenvalue weighted by molar-refractivity contribution is 0.125. The van der Waals surface area contributed by atoms with E-state index in [1.54, 1.807) is 0 Å². The van der Waals surface area contributed by atoms with Gasteiger partial charge >= 0.3 is 0 Å². The summed E-state index contributed by atoms with van der Waals surface area (Å²) in [5.41, 5.74) is 6.54. The van der Waals surface area contributed by atoms with Crippen LogP contribution < -0.4 is 15.8 Å². The lowest BCUT2D eigenvalue weighted by Crippen LogP contribution is -2.31. The lowest BCUT2D eigenvalue weighted by Gasteiger charge is -2.28. The fraction of sp³-hybridized carbons (Fsp3) is 0.688. The predicted molar refractivity (Wildman–Crippen MR) is 84.1 cm³/mol. The molecule has 3 N–H and O–H groups in total. The maximum Gasteiger partial charge on any atom is 0.239 e. The van der Waals surface area contributed by atoms with Gasteiger partial charge < -0.3 is 15.8 Å². The number of nitrogens with zero attached hydrogens (tertiary/aromatic N) is 1. The van der Waals surface area contributed by atoms with Crippen molar-refractivity contribution in [1.82, 2.24) is 4.98 Å². The van der Waals surface area contributed by atoms with Gasteiger partial charge in [0, 0.05) is 6.04 Å². The summed E-state index contributed by atoms with van der Waals surface area (Å²) in [5.74, 6) is 1.36. The van der Waals surface area contributed by atoms with Gasteiger partial charge in [0.15, 0.2) is 0 Å². The molecule has 1 fully saturated rings. The number of anilines is 2. The van der Waals surface area contributed by atoms with E-state index >= 15 is 0 Å². The molecular formula is C16H27N3O. The van der Waals surface area contributed by atoms with Crippen LogP contribution in [0, 0.1) is 5.41 Å². The monoisotopic (exact) mass is 277 g/mol. The van der Waals surface area contributed by atoms with Crippen LogP contribution >= 0.6 is 0 Å². The standard InChI is InChI=1S/C16H27N3O/c1-15(2,3)20-14-11(17)8-9-13(19-14)18-12-7-6-10-16(12,4)5/h8-9,12H,6-7,10,17H2,1-5H3,(H,18,19). The zero-order valence-electron chi connectivity index (χ0n) is 13.3.